The Morgan fingerprint density at radius 2 is 1.88 bits per heavy atom. The fourth-order valence-corrected chi connectivity index (χ4v) is 5.97. The van der Waals surface area contributed by atoms with Crippen molar-refractivity contribution < 1.29 is 26.7 Å². The Bertz CT molecular complexity index is 1630. The van der Waals surface area contributed by atoms with E-state index in [2.05, 4.69) is 25.1 Å². The predicted molar refractivity (Wildman–Crippen MR) is 141 cm³/mol. The van der Waals surface area contributed by atoms with E-state index in [9.17, 15) is 12.8 Å². The van der Waals surface area contributed by atoms with Crippen LogP contribution in [0.25, 0.3) is 11.4 Å². The number of fused-ring (bicyclic) bond motifs is 3. The van der Waals surface area contributed by atoms with Gasteiger partial charge in [0.15, 0.2) is 21.5 Å². The van der Waals surface area contributed by atoms with Crippen LogP contribution in [-0.4, -0.2) is 56.1 Å². The predicted octanol–water partition coefficient (Wildman–Crippen LogP) is 4.51. The van der Waals surface area contributed by atoms with Crippen molar-refractivity contribution in [3.63, 3.8) is 0 Å². The second-order valence-electron chi connectivity index (χ2n) is 9.54. The van der Waals surface area contributed by atoms with E-state index in [4.69, 9.17) is 21.1 Å². The monoisotopic (exact) mass is 590 g/mol. The van der Waals surface area contributed by atoms with Crippen molar-refractivity contribution in [3.8, 4) is 17.3 Å². The first kappa shape index (κ1) is 28.0. The van der Waals surface area contributed by atoms with Crippen LogP contribution in [0.1, 0.15) is 50.1 Å². The Morgan fingerprint density at radius 1 is 1.12 bits per heavy atom. The summed E-state index contributed by atoms with van der Waals surface area (Å²) in [7, 11) is -4.00. The van der Waals surface area contributed by atoms with Gasteiger partial charge in [0.25, 0.3) is 0 Å². The molecule has 5 rings (SSSR count). The van der Waals surface area contributed by atoms with Crippen LogP contribution < -0.4 is 4.74 Å². The molecule has 0 spiro atoms. The molecule has 0 saturated heterocycles. The third-order valence-electron chi connectivity index (χ3n) is 6.43. The Hall–Kier alpha value is -3.55. The first-order chi connectivity index (χ1) is 19.0. The van der Waals surface area contributed by atoms with E-state index in [-0.39, 0.29) is 41.6 Å². The number of ether oxygens (including phenoxy) is 2. The van der Waals surface area contributed by atoms with Crippen LogP contribution in [0.4, 0.5) is 8.78 Å². The largest absolute Gasteiger partial charge is 0.475 e. The van der Waals surface area contributed by atoms with Crippen molar-refractivity contribution >= 4 is 21.4 Å². The van der Waals surface area contributed by atoms with Crippen LogP contribution in [0.2, 0.25) is 5.02 Å². The van der Waals surface area contributed by atoms with Gasteiger partial charge in [-0.25, -0.2) is 32.2 Å². The lowest BCUT2D eigenvalue weighted by molar-refractivity contribution is 0.00142. The Morgan fingerprint density at radius 3 is 2.58 bits per heavy atom. The minimum absolute atomic E-state index is 0.0381. The zero-order chi connectivity index (χ0) is 28.6. The molecule has 10 nitrogen and oxygen atoms in total. The van der Waals surface area contributed by atoms with Crippen molar-refractivity contribution in [1.29, 1.82) is 0 Å². The van der Waals surface area contributed by atoms with Crippen LogP contribution in [0, 0.1) is 11.6 Å². The summed E-state index contributed by atoms with van der Waals surface area (Å²) in [6.07, 6.45) is 2.92. The maximum atomic E-state index is 15.0. The summed E-state index contributed by atoms with van der Waals surface area (Å²) in [6.45, 7) is 4.92. The van der Waals surface area contributed by atoms with Gasteiger partial charge in [-0.05, 0) is 39.0 Å². The second kappa shape index (κ2) is 11.1. The van der Waals surface area contributed by atoms with Crippen molar-refractivity contribution in [2.45, 2.75) is 50.0 Å². The topological polar surface area (TPSA) is 122 Å². The van der Waals surface area contributed by atoms with Gasteiger partial charge in [-0.3, -0.25) is 4.57 Å². The average Bonchev–Trinajstić information content (AvgIpc) is 3.23. The lowest BCUT2D eigenvalue weighted by Crippen LogP contribution is -2.32. The van der Waals surface area contributed by atoms with Crippen LogP contribution in [0.15, 0.2) is 48.9 Å². The highest BCUT2D eigenvalue weighted by Crippen LogP contribution is 2.37. The number of pyridine rings is 1. The smallest absolute Gasteiger partial charge is 0.224 e. The number of nitrogens with zero attached hydrogens (tertiary/aromatic N) is 6. The third-order valence-corrected chi connectivity index (χ3v) is 8.66. The molecule has 1 aromatic carbocycles. The van der Waals surface area contributed by atoms with E-state index in [1.54, 1.807) is 26.0 Å². The van der Waals surface area contributed by atoms with Crippen molar-refractivity contribution in [2.75, 3.05) is 6.61 Å². The molecule has 0 unspecified atom stereocenters. The van der Waals surface area contributed by atoms with Gasteiger partial charge in [0.2, 0.25) is 5.88 Å². The number of hydrogen-bond donors (Lipinski definition) is 0. The third kappa shape index (κ3) is 5.54. The molecule has 1 aliphatic rings. The number of rotatable bonds is 8. The van der Waals surface area contributed by atoms with Crippen LogP contribution in [-0.2, 0) is 20.3 Å². The molecule has 0 radical (unpaired) electrons. The number of aromatic nitrogens is 6. The molecule has 210 valence electrons. The summed E-state index contributed by atoms with van der Waals surface area (Å²) in [5.41, 5.74) is 0.532. The maximum Gasteiger partial charge on any atom is 0.224 e. The molecule has 14 heteroatoms. The number of hydrogen-bond acceptors (Lipinski definition) is 9. The highest BCUT2D eigenvalue weighted by molar-refractivity contribution is 7.91. The summed E-state index contributed by atoms with van der Waals surface area (Å²) in [6, 6.07) is 5.61. The molecule has 0 aliphatic carbocycles. The molecule has 4 aromatic rings. The minimum atomic E-state index is -4.00. The second-order valence-corrected chi connectivity index (χ2v) is 12.3. The molecule has 40 heavy (non-hydrogen) atoms. The molecule has 0 fully saturated rings. The molecule has 0 amide bonds. The number of sulfone groups is 1. The Labute approximate surface area is 234 Å². The molecule has 3 atom stereocenters. The lowest BCUT2D eigenvalue weighted by atomic mass is 10.1. The van der Waals surface area contributed by atoms with E-state index in [0.717, 1.165) is 12.1 Å². The summed E-state index contributed by atoms with van der Waals surface area (Å²) in [5, 5.41) is 7.63. The number of halogens is 3. The first-order valence-corrected chi connectivity index (χ1v) is 14.5. The fraction of sp³-hybridized carbons (Fsp3) is 0.346. The van der Waals surface area contributed by atoms with E-state index >= 15 is 4.39 Å². The van der Waals surface area contributed by atoms with Gasteiger partial charge in [0, 0.05) is 30.2 Å². The van der Waals surface area contributed by atoms with Gasteiger partial charge in [-0.2, -0.15) is 0 Å². The fourth-order valence-electron chi connectivity index (χ4n) is 4.49. The molecule has 0 N–H and O–H groups in total. The van der Waals surface area contributed by atoms with E-state index in [0.29, 0.717) is 10.6 Å². The average molecular weight is 591 g/mol. The normalized spacial score (nSPS) is 16.5. The van der Waals surface area contributed by atoms with Crippen LogP contribution in [0.3, 0.4) is 0 Å². The van der Waals surface area contributed by atoms with Gasteiger partial charge in [-0.15, -0.1) is 10.2 Å². The standard InChI is InChI=1S/C26H25ClF2N6O4S/c1-14(2)39-23(24-31-10-16(27)11-32-24)15(3)40(36,37)13-22-33-34-25-19-5-4-8-30-26(19)38-12-21(35(22)25)18-7-6-17(28)9-20(18)29/h4-11,14-15,21,23H,12-13H2,1-3H3/t15-,21-,23+/m0/s1. The zero-order valence-electron chi connectivity index (χ0n) is 21.7. The van der Waals surface area contributed by atoms with Crippen LogP contribution >= 0.6 is 11.6 Å². The first-order valence-electron chi connectivity index (χ1n) is 12.4. The highest BCUT2D eigenvalue weighted by Gasteiger charge is 2.38. The lowest BCUT2D eigenvalue weighted by Gasteiger charge is -2.26. The van der Waals surface area contributed by atoms with E-state index in [1.165, 1.54) is 36.1 Å². The van der Waals surface area contributed by atoms with E-state index in [1.807, 2.05) is 0 Å². The van der Waals surface area contributed by atoms with Gasteiger partial charge >= 0.3 is 0 Å². The van der Waals surface area contributed by atoms with Gasteiger partial charge in [-0.1, -0.05) is 17.7 Å². The molecule has 1 aliphatic heterocycles. The Kier molecular flexibility index (Phi) is 7.80. The summed E-state index contributed by atoms with van der Waals surface area (Å²) in [5.74, 6) is -1.47. The summed E-state index contributed by atoms with van der Waals surface area (Å²) < 4.78 is 69.7. The zero-order valence-corrected chi connectivity index (χ0v) is 23.3. The van der Waals surface area contributed by atoms with Gasteiger partial charge in [0.05, 0.1) is 28.0 Å². The van der Waals surface area contributed by atoms with Crippen molar-refractivity contribution in [1.82, 2.24) is 29.7 Å². The SMILES string of the molecule is CC(C)O[C@@H](c1ncc(Cl)cn1)[C@H](C)S(=O)(=O)Cc1nnc2n1[C@H](c1ccc(F)cc1F)COc1ncccc1-2. The minimum Gasteiger partial charge on any atom is -0.475 e. The quantitative estimate of drug-likeness (QED) is 0.291. The van der Waals surface area contributed by atoms with Gasteiger partial charge < -0.3 is 9.47 Å². The summed E-state index contributed by atoms with van der Waals surface area (Å²) >= 11 is 5.92. The van der Waals surface area contributed by atoms with Crippen molar-refractivity contribution in [3.05, 3.63) is 82.8 Å². The van der Waals surface area contributed by atoms with E-state index < -0.39 is 44.6 Å². The molecule has 0 bridgehead atoms. The molecular weight excluding hydrogens is 566 g/mol. The molecule has 3 aromatic heterocycles. The van der Waals surface area contributed by atoms with Gasteiger partial charge in [0.1, 0.15) is 35.9 Å². The Balaban J connectivity index is 1.58. The molecule has 4 heterocycles. The van der Waals surface area contributed by atoms with Crippen LogP contribution in [0.5, 0.6) is 5.88 Å². The maximum absolute atomic E-state index is 15.0. The molecule has 0 saturated carbocycles. The molecular formula is C26H25ClF2N6O4S. The van der Waals surface area contributed by atoms with Crippen molar-refractivity contribution in [2.24, 2.45) is 0 Å². The highest BCUT2D eigenvalue weighted by atomic mass is 35.5. The summed E-state index contributed by atoms with van der Waals surface area (Å²) in [4.78, 5) is 12.6. The number of benzene rings is 1.